The lowest BCUT2D eigenvalue weighted by Crippen LogP contribution is -2.02. The molecule has 0 saturated heterocycles. The lowest BCUT2D eigenvalue weighted by atomic mass is 10.0. The summed E-state index contributed by atoms with van der Waals surface area (Å²) in [4.78, 5) is 4.07. The van der Waals surface area contributed by atoms with Crippen LogP contribution >= 0.6 is 0 Å². The minimum Gasteiger partial charge on any atom is -0.390 e. The van der Waals surface area contributed by atoms with Gasteiger partial charge in [-0.05, 0) is 95.8 Å². The van der Waals surface area contributed by atoms with Gasteiger partial charge in [-0.1, -0.05) is 154 Å². The van der Waals surface area contributed by atoms with Crippen LogP contribution in [0.3, 0.4) is 0 Å². The molecule has 466 valence electrons. The van der Waals surface area contributed by atoms with Crippen LogP contribution in [0.4, 0.5) is 0 Å². The molecule has 0 saturated carbocycles. The molecule has 8 aromatic rings. The summed E-state index contributed by atoms with van der Waals surface area (Å²) >= 11 is 0. The van der Waals surface area contributed by atoms with Crippen molar-refractivity contribution in [3.8, 4) is 0 Å². The van der Waals surface area contributed by atoms with Crippen LogP contribution in [0.15, 0.2) is 15.4 Å². The number of aromatic nitrogens is 19. The van der Waals surface area contributed by atoms with Gasteiger partial charge in [-0.25, -0.2) is 4.98 Å². The van der Waals surface area contributed by atoms with E-state index in [0.717, 1.165) is 69.2 Å². The second-order valence-electron chi connectivity index (χ2n) is 23.2. The molecule has 0 fully saturated rings. The van der Waals surface area contributed by atoms with Crippen molar-refractivity contribution in [1.82, 2.24) is 94.8 Å². The molecule has 0 radical (unpaired) electrons. The Hall–Kier alpha value is -6.75. The molecule has 2 N–H and O–H groups in total. The number of imidazole rings is 1. The third-order valence-electron chi connectivity index (χ3n) is 13.3. The molecule has 23 nitrogen and oxygen atoms in total. The first kappa shape index (κ1) is 74.3. The predicted octanol–water partition coefficient (Wildman–Crippen LogP) is 11.5. The highest BCUT2D eigenvalue weighted by Crippen LogP contribution is 2.24. The molecule has 0 aliphatic carbocycles. The van der Waals surface area contributed by atoms with Crippen LogP contribution in [-0.2, 0) is 61.9 Å². The maximum Gasteiger partial charge on any atom is 0.140 e. The Balaban J connectivity index is 0.000000474. The van der Waals surface area contributed by atoms with E-state index in [1.54, 1.807) is 11.0 Å². The van der Waals surface area contributed by atoms with Crippen molar-refractivity contribution in [3.63, 3.8) is 0 Å². The van der Waals surface area contributed by atoms with Crippen molar-refractivity contribution in [2.75, 3.05) is 0 Å². The number of aliphatic hydroxyl groups is 2. The number of aliphatic hydroxyl groups excluding tert-OH is 2. The van der Waals surface area contributed by atoms with E-state index in [1.807, 2.05) is 114 Å². The van der Waals surface area contributed by atoms with E-state index in [-0.39, 0.29) is 13.2 Å². The lowest BCUT2D eigenvalue weighted by Gasteiger charge is -2.07. The average Bonchev–Trinajstić information content (AvgIpc) is 4.30. The fraction of sp³-hybridized carbons (Fsp3) is 0.683. The molecule has 0 aliphatic rings. The van der Waals surface area contributed by atoms with Gasteiger partial charge in [0.1, 0.15) is 17.2 Å². The predicted molar refractivity (Wildman–Crippen MR) is 328 cm³/mol. The normalized spacial score (nSPS) is 10.9. The first-order valence-electron chi connectivity index (χ1n) is 29.1. The molecular formula is C60H107N19O4. The highest BCUT2D eigenvalue weighted by atomic mass is 16.5. The number of aryl methyl sites for hydroxylation is 14. The van der Waals surface area contributed by atoms with Crippen molar-refractivity contribution < 1.29 is 19.3 Å². The van der Waals surface area contributed by atoms with E-state index in [1.165, 1.54) is 33.9 Å². The van der Waals surface area contributed by atoms with E-state index in [9.17, 15) is 0 Å². The van der Waals surface area contributed by atoms with E-state index < -0.39 is 0 Å². The SMILES string of the molecule is CC(C)c1c(CO)ncn1C.CC(C)c1c(CO)nnn1C.CCc1onc(C)c1C(C)C.Cc1nnn(C)c1C(C)C.Cc1nnn(C)c1C(C)C.Cc1nnn(C)c1C(C)C.Cc1nnn(C)c1C(C)C.Cc1noc(C)c1C(C)C. The van der Waals surface area contributed by atoms with Gasteiger partial charge in [-0.15, -0.1) is 25.5 Å². The number of rotatable bonds is 11. The molecule has 8 heterocycles. The van der Waals surface area contributed by atoms with Crippen molar-refractivity contribution in [2.24, 2.45) is 42.3 Å². The average molecular weight is 1160 g/mol. The fourth-order valence-corrected chi connectivity index (χ4v) is 10.3. The Morgan fingerprint density at radius 2 is 0.675 bits per heavy atom. The zero-order chi connectivity index (χ0) is 63.9. The van der Waals surface area contributed by atoms with Gasteiger partial charge >= 0.3 is 0 Å². The van der Waals surface area contributed by atoms with Crippen LogP contribution in [0.2, 0.25) is 0 Å². The standard InChI is InChI=1S/C9H15NO.C8H14N2O.C8H13NO.C7H13N3O.4C7H13N3/c1-5-8-9(6(2)3)7(4)10-11-8;1-6(2)8-7(4-11)9-5-10(8)3;1-5(2)8-6(3)9-10-7(8)4;1-5(2)7-6(4-11)8-9-10(7)3;4*1-5(2)7-6(3)8-9-10(7)4/h6H,5H2,1-4H3;5-6,11H,4H2,1-3H3;5H,1-4H3;5,11H,4H2,1-3H3;4*5H,1-4H3. The van der Waals surface area contributed by atoms with E-state index >= 15 is 0 Å². The summed E-state index contributed by atoms with van der Waals surface area (Å²) < 4.78 is 21.2. The summed E-state index contributed by atoms with van der Waals surface area (Å²) in [6.45, 7) is 50.1. The Morgan fingerprint density at radius 3 is 0.867 bits per heavy atom. The molecule has 0 spiro atoms. The smallest absolute Gasteiger partial charge is 0.140 e. The monoisotopic (exact) mass is 1160 g/mol. The van der Waals surface area contributed by atoms with E-state index in [0.29, 0.717) is 53.0 Å². The fourth-order valence-electron chi connectivity index (χ4n) is 10.3. The minimum absolute atomic E-state index is 0.0264. The molecule has 0 amide bonds. The molecule has 83 heavy (non-hydrogen) atoms. The van der Waals surface area contributed by atoms with Crippen molar-refractivity contribution >= 4 is 0 Å². The third kappa shape index (κ3) is 22.1. The van der Waals surface area contributed by atoms with Crippen LogP contribution < -0.4 is 0 Å². The van der Waals surface area contributed by atoms with E-state index in [2.05, 4.69) is 185 Å². The van der Waals surface area contributed by atoms with Gasteiger partial charge in [-0.2, -0.15) is 0 Å². The van der Waals surface area contributed by atoms with Crippen LogP contribution in [0.1, 0.15) is 267 Å². The quantitative estimate of drug-likeness (QED) is 0.122. The van der Waals surface area contributed by atoms with Gasteiger partial charge in [0.05, 0.1) is 87.9 Å². The maximum atomic E-state index is 8.90. The second-order valence-corrected chi connectivity index (χ2v) is 23.2. The van der Waals surface area contributed by atoms with Gasteiger partial charge in [0.25, 0.3) is 0 Å². The summed E-state index contributed by atoms with van der Waals surface area (Å²) in [5.41, 5.74) is 17.2. The molecule has 0 bridgehead atoms. The van der Waals surface area contributed by atoms with Crippen molar-refractivity contribution in [1.29, 1.82) is 0 Å². The molecule has 0 unspecified atom stereocenters. The Morgan fingerprint density at radius 1 is 0.373 bits per heavy atom. The van der Waals surface area contributed by atoms with Gasteiger partial charge in [0.2, 0.25) is 0 Å². The van der Waals surface area contributed by atoms with E-state index in [4.69, 9.17) is 19.3 Å². The summed E-state index contributed by atoms with van der Waals surface area (Å²) in [7, 11) is 11.5. The number of nitrogens with zero attached hydrogens (tertiary/aromatic N) is 19. The van der Waals surface area contributed by atoms with Crippen LogP contribution in [-0.4, -0.2) is 105 Å². The highest BCUT2D eigenvalue weighted by Gasteiger charge is 2.16. The number of hydrogen-bond donors (Lipinski definition) is 2. The largest absolute Gasteiger partial charge is 0.390 e. The second kappa shape index (κ2) is 35.4. The lowest BCUT2D eigenvalue weighted by molar-refractivity contribution is 0.275. The van der Waals surface area contributed by atoms with Gasteiger partial charge in [0.15, 0.2) is 0 Å². The van der Waals surface area contributed by atoms with Gasteiger partial charge in [0, 0.05) is 65.5 Å². The first-order chi connectivity index (χ1) is 38.6. The van der Waals surface area contributed by atoms with Crippen LogP contribution in [0, 0.1) is 48.5 Å². The Kier molecular flexibility index (Phi) is 31.7. The minimum atomic E-state index is -0.0264. The highest BCUT2D eigenvalue weighted by molar-refractivity contribution is 5.26. The summed E-state index contributed by atoms with van der Waals surface area (Å²) in [5, 5.41) is 64.6. The molecule has 8 aromatic heterocycles. The molecule has 0 aromatic carbocycles. The summed E-state index contributed by atoms with van der Waals surface area (Å²) in [5.74, 6) is 5.87. The molecule has 8 rings (SSSR count). The maximum absolute atomic E-state index is 8.90. The van der Waals surface area contributed by atoms with Crippen LogP contribution in [0.25, 0.3) is 0 Å². The zero-order valence-electron chi connectivity index (χ0n) is 56.5. The molecule has 23 heteroatoms. The van der Waals surface area contributed by atoms with Gasteiger partial charge < -0.3 is 23.8 Å². The summed E-state index contributed by atoms with van der Waals surface area (Å²) in [6, 6.07) is 0. The molecule has 0 aliphatic heterocycles. The third-order valence-corrected chi connectivity index (χ3v) is 13.3. The Labute approximate surface area is 496 Å². The Bertz CT molecular complexity index is 2560. The zero-order valence-corrected chi connectivity index (χ0v) is 56.5. The number of hydrogen-bond acceptors (Lipinski definition) is 17. The molecular weight excluding hydrogens is 1050 g/mol. The van der Waals surface area contributed by atoms with Gasteiger partial charge in [-0.3, -0.25) is 23.4 Å². The first-order valence-corrected chi connectivity index (χ1v) is 29.1. The van der Waals surface area contributed by atoms with Crippen molar-refractivity contribution in [2.45, 2.75) is 233 Å². The summed E-state index contributed by atoms with van der Waals surface area (Å²) in [6.07, 6.45) is 2.68. The topological polar surface area (TPSA) is 264 Å². The van der Waals surface area contributed by atoms with Crippen molar-refractivity contribution in [3.05, 3.63) is 109 Å². The van der Waals surface area contributed by atoms with Crippen LogP contribution in [0.5, 0.6) is 0 Å². The molecule has 0 atom stereocenters.